The molecule has 0 saturated heterocycles. The van der Waals surface area contributed by atoms with E-state index >= 15 is 0 Å². The smallest absolute Gasteiger partial charge is 0.193 e. The zero-order valence-electron chi connectivity index (χ0n) is 14.8. The summed E-state index contributed by atoms with van der Waals surface area (Å²) < 4.78 is 0. The highest BCUT2D eigenvalue weighted by molar-refractivity contribution is 7.99. The average molecular weight is 392 g/mol. The standard InChI is InChI=1S/C20H17N5S2/c1-12-5-6-14-15(10-12)26-18-16(14)19(27-20-22-8-3-9-23-20)25-17(24-18)13-4-2-7-21-11-13/h2-4,7-9,11-12H,5-6,10H2,1H3/t12-/m1/s1. The Balaban J connectivity index is 1.71. The summed E-state index contributed by atoms with van der Waals surface area (Å²) in [6.45, 7) is 2.33. The minimum atomic E-state index is 0.707. The maximum Gasteiger partial charge on any atom is 0.193 e. The number of fused-ring (bicyclic) bond motifs is 3. The molecule has 0 N–H and O–H groups in total. The summed E-state index contributed by atoms with van der Waals surface area (Å²) in [5, 5.41) is 2.84. The number of aromatic nitrogens is 5. The Morgan fingerprint density at radius 1 is 1.11 bits per heavy atom. The molecule has 7 heteroatoms. The molecule has 0 bridgehead atoms. The van der Waals surface area contributed by atoms with Crippen LogP contribution in [0.25, 0.3) is 21.6 Å². The number of pyridine rings is 1. The van der Waals surface area contributed by atoms with E-state index in [4.69, 9.17) is 9.97 Å². The monoisotopic (exact) mass is 391 g/mol. The highest BCUT2D eigenvalue weighted by Gasteiger charge is 2.25. The summed E-state index contributed by atoms with van der Waals surface area (Å²) >= 11 is 3.33. The lowest BCUT2D eigenvalue weighted by molar-refractivity contribution is 0.509. The molecule has 4 aromatic rings. The predicted molar refractivity (Wildman–Crippen MR) is 108 cm³/mol. The molecule has 0 radical (unpaired) electrons. The van der Waals surface area contributed by atoms with Crippen molar-refractivity contribution in [1.82, 2.24) is 24.9 Å². The van der Waals surface area contributed by atoms with Gasteiger partial charge in [-0.15, -0.1) is 11.3 Å². The second-order valence-electron chi connectivity index (χ2n) is 6.76. The molecule has 0 saturated carbocycles. The molecule has 1 atom stereocenters. The highest BCUT2D eigenvalue weighted by Crippen LogP contribution is 2.42. The second-order valence-corrected chi connectivity index (χ2v) is 8.80. The van der Waals surface area contributed by atoms with Crippen molar-refractivity contribution in [2.45, 2.75) is 36.4 Å². The van der Waals surface area contributed by atoms with E-state index in [9.17, 15) is 0 Å². The molecule has 0 unspecified atom stereocenters. The van der Waals surface area contributed by atoms with Crippen LogP contribution in [0.4, 0.5) is 0 Å². The van der Waals surface area contributed by atoms with Gasteiger partial charge in [-0.2, -0.15) is 0 Å². The van der Waals surface area contributed by atoms with Crippen LogP contribution in [-0.4, -0.2) is 24.9 Å². The number of aryl methyl sites for hydroxylation is 1. The van der Waals surface area contributed by atoms with E-state index in [-0.39, 0.29) is 0 Å². The maximum absolute atomic E-state index is 4.90. The zero-order chi connectivity index (χ0) is 18.2. The Labute approximate surface area is 165 Å². The van der Waals surface area contributed by atoms with E-state index in [0.29, 0.717) is 11.0 Å². The van der Waals surface area contributed by atoms with Gasteiger partial charge < -0.3 is 0 Å². The zero-order valence-corrected chi connectivity index (χ0v) is 16.4. The summed E-state index contributed by atoms with van der Waals surface area (Å²) in [5.41, 5.74) is 2.35. The minimum absolute atomic E-state index is 0.707. The van der Waals surface area contributed by atoms with Gasteiger partial charge in [0.05, 0.1) is 0 Å². The molecule has 0 aromatic carbocycles. The lowest BCUT2D eigenvalue weighted by atomic mass is 9.89. The lowest BCUT2D eigenvalue weighted by Gasteiger charge is -2.18. The molecule has 134 valence electrons. The van der Waals surface area contributed by atoms with Crippen molar-refractivity contribution in [2.75, 3.05) is 0 Å². The van der Waals surface area contributed by atoms with Gasteiger partial charge in [0.25, 0.3) is 0 Å². The molecule has 0 fully saturated rings. The predicted octanol–water partition coefficient (Wildman–Crippen LogP) is 4.82. The third-order valence-electron chi connectivity index (χ3n) is 4.77. The first-order valence-corrected chi connectivity index (χ1v) is 10.6. The van der Waals surface area contributed by atoms with Gasteiger partial charge in [-0.05, 0) is 60.7 Å². The van der Waals surface area contributed by atoms with Crippen LogP contribution in [0, 0.1) is 5.92 Å². The molecule has 1 aliphatic rings. The van der Waals surface area contributed by atoms with Crippen LogP contribution in [-0.2, 0) is 12.8 Å². The summed E-state index contributed by atoms with van der Waals surface area (Å²) in [4.78, 5) is 25.3. The Kier molecular flexibility index (Phi) is 4.33. The molecule has 27 heavy (non-hydrogen) atoms. The number of hydrogen-bond acceptors (Lipinski definition) is 7. The quantitative estimate of drug-likeness (QED) is 0.368. The van der Waals surface area contributed by atoms with Crippen molar-refractivity contribution < 1.29 is 0 Å². The molecule has 0 aliphatic heterocycles. The van der Waals surface area contributed by atoms with Crippen molar-refractivity contribution in [3.05, 3.63) is 53.4 Å². The van der Waals surface area contributed by atoms with Gasteiger partial charge >= 0.3 is 0 Å². The van der Waals surface area contributed by atoms with E-state index in [0.717, 1.165) is 34.2 Å². The van der Waals surface area contributed by atoms with Crippen molar-refractivity contribution in [3.8, 4) is 11.4 Å². The number of thiophene rings is 1. The summed E-state index contributed by atoms with van der Waals surface area (Å²) in [7, 11) is 0. The molecule has 5 nitrogen and oxygen atoms in total. The molecule has 0 spiro atoms. The van der Waals surface area contributed by atoms with Crippen molar-refractivity contribution >= 4 is 33.3 Å². The molecule has 1 aliphatic carbocycles. The van der Waals surface area contributed by atoms with Crippen molar-refractivity contribution in [3.63, 3.8) is 0 Å². The van der Waals surface area contributed by atoms with E-state index in [1.807, 2.05) is 35.7 Å². The largest absolute Gasteiger partial charge is 0.264 e. The first-order valence-electron chi connectivity index (χ1n) is 8.95. The topological polar surface area (TPSA) is 64.5 Å². The molecular formula is C20H17N5S2. The number of rotatable bonds is 3. The third-order valence-corrected chi connectivity index (χ3v) is 6.80. The number of hydrogen-bond donors (Lipinski definition) is 0. The van der Waals surface area contributed by atoms with Crippen LogP contribution in [0.2, 0.25) is 0 Å². The minimum Gasteiger partial charge on any atom is -0.264 e. The SMILES string of the molecule is C[C@@H]1CCc2c(sc3nc(-c4cccnc4)nc(Sc4ncccn4)c23)C1. The first kappa shape index (κ1) is 16.8. The fraction of sp³-hybridized carbons (Fsp3) is 0.250. The van der Waals surface area contributed by atoms with Crippen LogP contribution in [0.15, 0.2) is 53.2 Å². The Morgan fingerprint density at radius 3 is 2.81 bits per heavy atom. The van der Waals surface area contributed by atoms with Crippen LogP contribution >= 0.6 is 23.1 Å². The van der Waals surface area contributed by atoms with Crippen LogP contribution in [0.5, 0.6) is 0 Å². The van der Waals surface area contributed by atoms with Crippen LogP contribution in [0.3, 0.4) is 0 Å². The van der Waals surface area contributed by atoms with E-state index in [1.54, 1.807) is 18.6 Å². The fourth-order valence-corrected chi connectivity index (χ4v) is 5.73. The molecule has 4 aromatic heterocycles. The molecule has 4 heterocycles. The van der Waals surface area contributed by atoms with Gasteiger partial charge in [-0.3, -0.25) is 4.98 Å². The fourth-order valence-electron chi connectivity index (χ4n) is 3.43. The van der Waals surface area contributed by atoms with E-state index in [2.05, 4.69) is 21.9 Å². The molecular weight excluding hydrogens is 374 g/mol. The Morgan fingerprint density at radius 2 is 2.00 bits per heavy atom. The van der Waals surface area contributed by atoms with Gasteiger partial charge in [0, 0.05) is 40.6 Å². The van der Waals surface area contributed by atoms with Crippen molar-refractivity contribution in [1.29, 1.82) is 0 Å². The van der Waals surface area contributed by atoms with Crippen molar-refractivity contribution in [2.24, 2.45) is 5.92 Å². The van der Waals surface area contributed by atoms with Gasteiger partial charge in [0.1, 0.15) is 9.86 Å². The summed E-state index contributed by atoms with van der Waals surface area (Å²) in [5.74, 6) is 1.44. The van der Waals surface area contributed by atoms with Gasteiger partial charge in [0.2, 0.25) is 0 Å². The van der Waals surface area contributed by atoms with Gasteiger partial charge in [-0.1, -0.05) is 6.92 Å². The summed E-state index contributed by atoms with van der Waals surface area (Å²) in [6.07, 6.45) is 10.5. The van der Waals surface area contributed by atoms with E-state index < -0.39 is 0 Å². The highest BCUT2D eigenvalue weighted by atomic mass is 32.2. The third kappa shape index (κ3) is 3.21. The Hall–Kier alpha value is -2.38. The van der Waals surface area contributed by atoms with Gasteiger partial charge in [-0.25, -0.2) is 19.9 Å². The van der Waals surface area contributed by atoms with Crippen LogP contribution < -0.4 is 0 Å². The second kappa shape index (κ2) is 6.98. The molecule has 5 rings (SSSR count). The normalized spacial score (nSPS) is 16.4. The Bertz CT molecular complexity index is 1100. The van der Waals surface area contributed by atoms with E-state index in [1.165, 1.54) is 34.0 Å². The lowest BCUT2D eigenvalue weighted by Crippen LogP contribution is -2.08. The maximum atomic E-state index is 4.90. The van der Waals surface area contributed by atoms with Gasteiger partial charge in [0.15, 0.2) is 11.0 Å². The molecule has 0 amide bonds. The average Bonchev–Trinajstić information content (AvgIpc) is 3.07. The number of nitrogens with zero attached hydrogens (tertiary/aromatic N) is 5. The summed E-state index contributed by atoms with van der Waals surface area (Å²) in [6, 6.07) is 5.74. The van der Waals surface area contributed by atoms with Crippen LogP contribution in [0.1, 0.15) is 23.8 Å². The first-order chi connectivity index (χ1) is 13.3.